The summed E-state index contributed by atoms with van der Waals surface area (Å²) < 4.78 is 11.1. The SMILES string of the molecule is CCO[SiH](CC[SiH](C)C)OCC. The van der Waals surface area contributed by atoms with Crippen LogP contribution in [0.4, 0.5) is 0 Å². The van der Waals surface area contributed by atoms with E-state index in [1.807, 2.05) is 13.8 Å². The van der Waals surface area contributed by atoms with Crippen molar-refractivity contribution in [1.82, 2.24) is 0 Å². The average Bonchev–Trinajstić information content (AvgIpc) is 2.01. The second kappa shape index (κ2) is 7.98. The molecule has 0 heterocycles. The van der Waals surface area contributed by atoms with Gasteiger partial charge in [0.25, 0.3) is 0 Å². The largest absolute Gasteiger partial charge is 0.397 e. The maximum absolute atomic E-state index is 5.57. The predicted octanol–water partition coefficient (Wildman–Crippen LogP) is 1.77. The molecule has 0 amide bonds. The normalized spacial score (nSPS) is 11.5. The third kappa shape index (κ3) is 7.03. The topological polar surface area (TPSA) is 18.5 Å². The highest BCUT2D eigenvalue weighted by Gasteiger charge is 2.12. The van der Waals surface area contributed by atoms with E-state index in [1.54, 1.807) is 0 Å². The van der Waals surface area contributed by atoms with Crippen molar-refractivity contribution >= 4 is 18.1 Å². The molecule has 0 bridgehead atoms. The molecule has 0 aromatic rings. The molecule has 2 nitrogen and oxygen atoms in total. The molecule has 0 rings (SSSR count). The summed E-state index contributed by atoms with van der Waals surface area (Å²) in [5.41, 5.74) is 0. The molecule has 0 aromatic heterocycles. The molecular weight excluding hydrogens is 184 g/mol. The van der Waals surface area contributed by atoms with E-state index < -0.39 is 18.1 Å². The summed E-state index contributed by atoms with van der Waals surface area (Å²) in [6, 6.07) is 2.59. The third-order valence-electron chi connectivity index (χ3n) is 1.68. The van der Waals surface area contributed by atoms with Crippen LogP contribution in [0, 0.1) is 0 Å². The van der Waals surface area contributed by atoms with Crippen LogP contribution in [0.1, 0.15) is 13.8 Å². The van der Waals surface area contributed by atoms with Crippen molar-refractivity contribution in [2.75, 3.05) is 13.2 Å². The highest BCUT2D eigenvalue weighted by atomic mass is 28.3. The summed E-state index contributed by atoms with van der Waals surface area (Å²) in [5, 5.41) is 0. The summed E-state index contributed by atoms with van der Waals surface area (Å²) in [6.07, 6.45) is 0. The summed E-state index contributed by atoms with van der Waals surface area (Å²) in [6.45, 7) is 10.5. The van der Waals surface area contributed by atoms with Crippen molar-refractivity contribution in [2.24, 2.45) is 0 Å². The summed E-state index contributed by atoms with van der Waals surface area (Å²) in [7, 11) is -1.66. The average molecular weight is 206 g/mol. The first-order valence-electron chi connectivity index (χ1n) is 4.93. The Kier molecular flexibility index (Phi) is 8.21. The Morgan fingerprint density at radius 2 is 1.42 bits per heavy atom. The minimum absolute atomic E-state index is 0.402. The molecule has 0 unspecified atom stereocenters. The Hall–Kier alpha value is 0.354. The van der Waals surface area contributed by atoms with E-state index in [4.69, 9.17) is 8.85 Å². The van der Waals surface area contributed by atoms with Crippen LogP contribution < -0.4 is 0 Å². The van der Waals surface area contributed by atoms with Gasteiger partial charge in [-0.2, -0.15) is 0 Å². The van der Waals surface area contributed by atoms with Crippen LogP contribution in [0.15, 0.2) is 0 Å². The van der Waals surface area contributed by atoms with Crippen molar-refractivity contribution in [2.45, 2.75) is 39.0 Å². The molecule has 0 aromatic carbocycles. The van der Waals surface area contributed by atoms with Crippen LogP contribution in [-0.2, 0) is 8.85 Å². The standard InChI is InChI=1S/C8H22O2Si2/c1-5-9-12(10-6-2)8-7-11(3)4/h11-12H,5-8H2,1-4H3. The number of hydrogen-bond acceptors (Lipinski definition) is 2. The second-order valence-corrected chi connectivity index (χ2v) is 8.78. The molecule has 0 radical (unpaired) electrons. The van der Waals surface area contributed by atoms with Gasteiger partial charge in [-0.05, 0) is 19.9 Å². The van der Waals surface area contributed by atoms with E-state index >= 15 is 0 Å². The van der Waals surface area contributed by atoms with Crippen molar-refractivity contribution in [1.29, 1.82) is 0 Å². The van der Waals surface area contributed by atoms with Gasteiger partial charge in [0.05, 0.1) is 0 Å². The van der Waals surface area contributed by atoms with E-state index in [9.17, 15) is 0 Å². The van der Waals surface area contributed by atoms with Crippen molar-refractivity contribution < 1.29 is 8.85 Å². The Morgan fingerprint density at radius 3 is 1.75 bits per heavy atom. The molecule has 0 fully saturated rings. The first-order valence-corrected chi connectivity index (χ1v) is 9.82. The van der Waals surface area contributed by atoms with Gasteiger partial charge in [0.15, 0.2) is 0 Å². The van der Waals surface area contributed by atoms with Gasteiger partial charge in [0.1, 0.15) is 0 Å². The molecule has 0 aliphatic carbocycles. The van der Waals surface area contributed by atoms with Gasteiger partial charge in [-0.25, -0.2) is 0 Å². The van der Waals surface area contributed by atoms with Crippen LogP contribution >= 0.6 is 0 Å². The van der Waals surface area contributed by atoms with Crippen LogP contribution in [0.2, 0.25) is 25.2 Å². The van der Waals surface area contributed by atoms with E-state index in [-0.39, 0.29) is 0 Å². The predicted molar refractivity (Wildman–Crippen MR) is 58.9 cm³/mol. The zero-order chi connectivity index (χ0) is 9.40. The second-order valence-electron chi connectivity index (χ2n) is 3.31. The van der Waals surface area contributed by atoms with Gasteiger partial charge >= 0.3 is 9.28 Å². The molecule has 12 heavy (non-hydrogen) atoms. The van der Waals surface area contributed by atoms with Crippen molar-refractivity contribution in [3.8, 4) is 0 Å². The van der Waals surface area contributed by atoms with Crippen LogP contribution in [-0.4, -0.2) is 31.3 Å². The summed E-state index contributed by atoms with van der Waals surface area (Å²) in [4.78, 5) is 0. The lowest BCUT2D eigenvalue weighted by Gasteiger charge is -2.15. The number of rotatable bonds is 7. The van der Waals surface area contributed by atoms with E-state index in [1.165, 1.54) is 12.1 Å². The van der Waals surface area contributed by atoms with E-state index in [2.05, 4.69) is 13.1 Å². The van der Waals surface area contributed by atoms with Gasteiger partial charge in [0, 0.05) is 22.0 Å². The fourth-order valence-corrected chi connectivity index (χ4v) is 5.98. The molecule has 74 valence electrons. The monoisotopic (exact) mass is 206 g/mol. The molecule has 0 atom stereocenters. The summed E-state index contributed by atoms with van der Waals surface area (Å²) in [5.74, 6) is 0. The Balaban J connectivity index is 3.48. The molecule has 4 heteroatoms. The van der Waals surface area contributed by atoms with Gasteiger partial charge in [-0.3, -0.25) is 0 Å². The molecule has 0 N–H and O–H groups in total. The van der Waals surface area contributed by atoms with Gasteiger partial charge < -0.3 is 8.85 Å². The summed E-state index contributed by atoms with van der Waals surface area (Å²) >= 11 is 0. The lowest BCUT2D eigenvalue weighted by atomic mass is 10.9. The molecular formula is C8H22O2Si2. The van der Waals surface area contributed by atoms with Gasteiger partial charge in [-0.1, -0.05) is 19.1 Å². The van der Waals surface area contributed by atoms with Crippen LogP contribution in [0.3, 0.4) is 0 Å². The molecule has 0 aliphatic heterocycles. The quantitative estimate of drug-likeness (QED) is 0.591. The zero-order valence-corrected chi connectivity index (χ0v) is 11.1. The molecule has 0 aliphatic rings. The molecule has 0 saturated carbocycles. The van der Waals surface area contributed by atoms with Gasteiger partial charge in [0.2, 0.25) is 0 Å². The molecule has 0 saturated heterocycles. The first kappa shape index (κ1) is 12.4. The van der Waals surface area contributed by atoms with Crippen LogP contribution in [0.25, 0.3) is 0 Å². The zero-order valence-electron chi connectivity index (χ0n) is 8.80. The van der Waals surface area contributed by atoms with Crippen molar-refractivity contribution in [3.63, 3.8) is 0 Å². The highest BCUT2D eigenvalue weighted by molar-refractivity contribution is 6.58. The van der Waals surface area contributed by atoms with Crippen molar-refractivity contribution in [3.05, 3.63) is 0 Å². The van der Waals surface area contributed by atoms with E-state index in [0.717, 1.165) is 13.2 Å². The smallest absolute Gasteiger partial charge is 0.321 e. The maximum Gasteiger partial charge on any atom is 0.321 e. The minimum Gasteiger partial charge on any atom is -0.397 e. The fourth-order valence-electron chi connectivity index (χ4n) is 1.06. The lowest BCUT2D eigenvalue weighted by molar-refractivity contribution is 0.214. The van der Waals surface area contributed by atoms with E-state index in [0.29, 0.717) is 0 Å². The highest BCUT2D eigenvalue weighted by Crippen LogP contribution is 2.05. The number of hydrogen-bond donors (Lipinski definition) is 0. The maximum atomic E-state index is 5.57. The minimum atomic E-state index is -1.26. The molecule has 0 spiro atoms. The van der Waals surface area contributed by atoms with Crippen LogP contribution in [0.5, 0.6) is 0 Å². The van der Waals surface area contributed by atoms with Gasteiger partial charge in [-0.15, -0.1) is 0 Å². The lowest BCUT2D eigenvalue weighted by Crippen LogP contribution is -2.23. The third-order valence-corrected chi connectivity index (χ3v) is 6.05. The first-order chi connectivity index (χ1) is 5.70. The fraction of sp³-hybridized carbons (Fsp3) is 1.00. The Labute approximate surface area is 79.7 Å². The Morgan fingerprint density at radius 1 is 0.917 bits per heavy atom. The Bertz CT molecular complexity index is 93.1.